The summed E-state index contributed by atoms with van der Waals surface area (Å²) >= 11 is 0. The lowest BCUT2D eigenvalue weighted by Crippen LogP contribution is -2.46. The molecular weight excluding hydrogens is 466 g/mol. The predicted molar refractivity (Wildman–Crippen MR) is 135 cm³/mol. The third kappa shape index (κ3) is 5.63. The normalized spacial score (nSPS) is 14.6. The monoisotopic (exact) mass is 495 g/mol. The Morgan fingerprint density at radius 3 is 2.40 bits per heavy atom. The first kappa shape index (κ1) is 24.7. The highest BCUT2D eigenvalue weighted by molar-refractivity contribution is 7.89. The summed E-state index contributed by atoms with van der Waals surface area (Å²) < 4.78 is 34.5. The lowest BCUT2D eigenvalue weighted by Gasteiger charge is -2.31. The number of sulfonamides is 1. The summed E-state index contributed by atoms with van der Waals surface area (Å²) in [5, 5.41) is 4.06. The summed E-state index contributed by atoms with van der Waals surface area (Å²) in [6.07, 6.45) is 0.629. The fraction of sp³-hybridized carbons (Fsp3) is 0.308. The number of rotatable bonds is 6. The molecule has 0 aliphatic carbocycles. The molecule has 0 spiro atoms. The number of anilines is 1. The Hall–Kier alpha value is -3.43. The third-order valence-corrected chi connectivity index (χ3v) is 7.62. The molecule has 3 aromatic carbocycles. The molecule has 8 nitrogen and oxygen atoms in total. The van der Waals surface area contributed by atoms with Gasteiger partial charge in [0.05, 0.1) is 11.5 Å². The van der Waals surface area contributed by atoms with Gasteiger partial charge in [0, 0.05) is 41.2 Å². The molecule has 0 unspecified atom stereocenters. The maximum absolute atomic E-state index is 13.3. The van der Waals surface area contributed by atoms with E-state index in [1.807, 2.05) is 19.1 Å². The van der Waals surface area contributed by atoms with Gasteiger partial charge in [-0.2, -0.15) is 0 Å². The van der Waals surface area contributed by atoms with E-state index in [9.17, 15) is 18.0 Å². The van der Waals surface area contributed by atoms with E-state index in [-0.39, 0.29) is 22.9 Å². The Kier molecular flexibility index (Phi) is 7.37. The molecule has 0 saturated carbocycles. The molecular formula is C26H29N3O5S. The maximum Gasteiger partial charge on any atom is 0.409 e. The van der Waals surface area contributed by atoms with Crippen LogP contribution < -0.4 is 10.0 Å². The summed E-state index contributed by atoms with van der Waals surface area (Å²) in [6.45, 7) is 4.83. The van der Waals surface area contributed by atoms with Gasteiger partial charge in [0.25, 0.3) is 5.91 Å². The summed E-state index contributed by atoms with van der Waals surface area (Å²) in [7, 11) is -3.83. The number of hydrogen-bond acceptors (Lipinski definition) is 5. The molecule has 0 atom stereocenters. The minimum Gasteiger partial charge on any atom is -0.450 e. The maximum atomic E-state index is 13.3. The zero-order valence-corrected chi connectivity index (χ0v) is 20.6. The number of carbonyl (C=O) groups is 2. The zero-order chi connectivity index (χ0) is 25.0. The van der Waals surface area contributed by atoms with Gasteiger partial charge in [-0.1, -0.05) is 42.0 Å². The van der Waals surface area contributed by atoms with Crippen molar-refractivity contribution in [3.8, 4) is 0 Å². The van der Waals surface area contributed by atoms with Crippen molar-refractivity contribution in [2.75, 3.05) is 25.0 Å². The molecule has 2 N–H and O–H groups in total. The first-order valence-corrected chi connectivity index (χ1v) is 13.1. The number of carbonyl (C=O) groups excluding carboxylic acids is 2. The van der Waals surface area contributed by atoms with Gasteiger partial charge in [-0.3, -0.25) is 4.79 Å². The van der Waals surface area contributed by atoms with Crippen LogP contribution in [0.25, 0.3) is 10.8 Å². The van der Waals surface area contributed by atoms with Gasteiger partial charge in [-0.15, -0.1) is 0 Å². The lowest BCUT2D eigenvalue weighted by atomic mass is 10.1. The second kappa shape index (κ2) is 10.5. The number of amides is 2. The lowest BCUT2D eigenvalue weighted by molar-refractivity contribution is 0.0964. The van der Waals surface area contributed by atoms with Crippen molar-refractivity contribution in [3.05, 3.63) is 71.8 Å². The fourth-order valence-corrected chi connectivity index (χ4v) is 5.79. The predicted octanol–water partition coefficient (Wildman–Crippen LogP) is 4.30. The van der Waals surface area contributed by atoms with E-state index in [2.05, 4.69) is 10.0 Å². The summed E-state index contributed by atoms with van der Waals surface area (Å²) in [6, 6.07) is 17.2. The molecule has 0 aromatic heterocycles. The van der Waals surface area contributed by atoms with Gasteiger partial charge >= 0.3 is 6.09 Å². The van der Waals surface area contributed by atoms with E-state index < -0.39 is 10.0 Å². The molecule has 3 aromatic rings. The molecule has 2 amide bonds. The number of ether oxygens (including phenoxy) is 1. The van der Waals surface area contributed by atoms with Crippen LogP contribution in [0, 0.1) is 6.92 Å². The molecule has 184 valence electrons. The molecule has 0 bridgehead atoms. The van der Waals surface area contributed by atoms with Gasteiger partial charge in [-0.05, 0) is 51.0 Å². The number of likely N-dealkylation sites (tertiary alicyclic amines) is 1. The van der Waals surface area contributed by atoms with Crippen molar-refractivity contribution in [2.24, 2.45) is 0 Å². The summed E-state index contributed by atoms with van der Waals surface area (Å²) in [5.41, 5.74) is 2.04. The Morgan fingerprint density at radius 1 is 1.00 bits per heavy atom. The van der Waals surface area contributed by atoms with Gasteiger partial charge in [0.2, 0.25) is 10.0 Å². The van der Waals surface area contributed by atoms with Gasteiger partial charge in [0.15, 0.2) is 0 Å². The van der Waals surface area contributed by atoms with Crippen molar-refractivity contribution in [3.63, 3.8) is 0 Å². The van der Waals surface area contributed by atoms with Crippen LogP contribution in [0.1, 0.15) is 35.7 Å². The Morgan fingerprint density at radius 2 is 1.71 bits per heavy atom. The molecule has 9 heteroatoms. The van der Waals surface area contributed by atoms with E-state index in [1.165, 1.54) is 6.07 Å². The highest BCUT2D eigenvalue weighted by Gasteiger charge is 2.28. The first-order chi connectivity index (χ1) is 16.8. The average Bonchev–Trinajstić information content (AvgIpc) is 2.84. The number of hydrogen-bond donors (Lipinski definition) is 2. The van der Waals surface area contributed by atoms with Crippen LogP contribution in [-0.4, -0.2) is 51.1 Å². The van der Waals surface area contributed by atoms with Crippen molar-refractivity contribution in [1.82, 2.24) is 9.62 Å². The Balaban J connectivity index is 1.54. The highest BCUT2D eigenvalue weighted by atomic mass is 32.2. The molecule has 0 radical (unpaired) electrons. The van der Waals surface area contributed by atoms with Crippen molar-refractivity contribution in [2.45, 2.75) is 37.6 Å². The average molecular weight is 496 g/mol. The molecule has 1 fully saturated rings. The van der Waals surface area contributed by atoms with Crippen LogP contribution in [-0.2, 0) is 14.8 Å². The minimum atomic E-state index is -3.83. The number of nitrogens with one attached hydrogen (secondary N) is 2. The number of aryl methyl sites for hydroxylation is 1. The summed E-state index contributed by atoms with van der Waals surface area (Å²) in [5.74, 6) is -0.263. The number of fused-ring (bicyclic) bond motifs is 1. The fourth-order valence-electron chi connectivity index (χ4n) is 4.27. The van der Waals surface area contributed by atoms with Gasteiger partial charge in [-0.25, -0.2) is 17.9 Å². The second-order valence-electron chi connectivity index (χ2n) is 8.56. The molecule has 1 saturated heterocycles. The molecule has 4 rings (SSSR count). The molecule has 1 heterocycles. The molecule has 35 heavy (non-hydrogen) atoms. The highest BCUT2D eigenvalue weighted by Crippen LogP contribution is 2.30. The number of nitrogens with zero attached hydrogens (tertiary/aromatic N) is 1. The van der Waals surface area contributed by atoms with Gasteiger partial charge in [0.1, 0.15) is 0 Å². The number of piperidine rings is 1. The molecule has 1 aliphatic heterocycles. The SMILES string of the molecule is CCOC(=O)N1CCC(NS(=O)(=O)c2ccc(NC(=O)c3cccc(C)c3)c3ccccc23)CC1. The largest absolute Gasteiger partial charge is 0.450 e. The van der Waals surface area contributed by atoms with Crippen molar-refractivity contribution >= 4 is 38.5 Å². The van der Waals surface area contributed by atoms with E-state index in [4.69, 9.17) is 4.74 Å². The Labute approximate surface area is 205 Å². The number of benzene rings is 3. The minimum absolute atomic E-state index is 0.148. The van der Waals surface area contributed by atoms with Crippen LogP contribution in [0.3, 0.4) is 0 Å². The van der Waals surface area contributed by atoms with Crippen LogP contribution >= 0.6 is 0 Å². The van der Waals surface area contributed by atoms with Crippen LogP contribution in [0.15, 0.2) is 65.6 Å². The van der Waals surface area contributed by atoms with Crippen LogP contribution in [0.2, 0.25) is 0 Å². The smallest absolute Gasteiger partial charge is 0.409 e. The van der Waals surface area contributed by atoms with E-state index in [0.717, 1.165) is 5.56 Å². The van der Waals surface area contributed by atoms with Crippen molar-refractivity contribution < 1.29 is 22.7 Å². The van der Waals surface area contributed by atoms with E-state index >= 15 is 0 Å². The van der Waals surface area contributed by atoms with Crippen LogP contribution in [0.4, 0.5) is 10.5 Å². The second-order valence-corrected chi connectivity index (χ2v) is 10.2. The van der Waals surface area contributed by atoms with Crippen molar-refractivity contribution in [1.29, 1.82) is 0 Å². The quantitative estimate of drug-likeness (QED) is 0.531. The van der Waals surface area contributed by atoms with E-state index in [1.54, 1.807) is 54.3 Å². The molecule has 1 aliphatic rings. The third-order valence-electron chi connectivity index (χ3n) is 6.04. The van der Waals surface area contributed by atoms with E-state index in [0.29, 0.717) is 54.6 Å². The Bertz CT molecular complexity index is 1350. The first-order valence-electron chi connectivity index (χ1n) is 11.6. The van der Waals surface area contributed by atoms with Crippen LogP contribution in [0.5, 0.6) is 0 Å². The standard InChI is InChI=1S/C26H29N3O5S/c1-3-34-26(31)29-15-13-20(14-16-29)28-35(32,33)24-12-11-23(21-9-4-5-10-22(21)24)27-25(30)19-8-6-7-18(2)17-19/h4-12,17,20,28H,3,13-16H2,1-2H3,(H,27,30). The summed E-state index contributed by atoms with van der Waals surface area (Å²) in [4.78, 5) is 26.4. The zero-order valence-electron chi connectivity index (χ0n) is 19.8. The topological polar surface area (TPSA) is 105 Å². The van der Waals surface area contributed by atoms with Gasteiger partial charge < -0.3 is 15.0 Å².